The van der Waals surface area contributed by atoms with E-state index in [0.29, 0.717) is 49.9 Å². The molecule has 1 saturated heterocycles. The fraction of sp³-hybridized carbons (Fsp3) is 0.409. The summed E-state index contributed by atoms with van der Waals surface area (Å²) in [5.74, 6) is 0.230. The lowest BCUT2D eigenvalue weighted by Gasteiger charge is -2.33. The van der Waals surface area contributed by atoms with Crippen LogP contribution in [0.25, 0.3) is 0 Å². The Morgan fingerprint density at radius 2 is 1.79 bits per heavy atom. The number of hydrogen-bond acceptors (Lipinski definition) is 4. The van der Waals surface area contributed by atoms with Crippen molar-refractivity contribution in [2.45, 2.75) is 31.1 Å². The van der Waals surface area contributed by atoms with Crippen LogP contribution in [-0.4, -0.2) is 51.5 Å². The molecule has 6 nitrogen and oxygen atoms in total. The maximum atomic E-state index is 13.3. The van der Waals surface area contributed by atoms with Crippen molar-refractivity contribution >= 4 is 21.6 Å². The van der Waals surface area contributed by atoms with E-state index in [2.05, 4.69) is 13.0 Å². The Labute approximate surface area is 172 Å². The largest absolute Gasteiger partial charge is 0.379 e. The first-order valence-electron chi connectivity index (χ1n) is 9.99. The molecule has 0 aromatic heterocycles. The van der Waals surface area contributed by atoms with Crippen LogP contribution in [-0.2, 0) is 14.8 Å². The van der Waals surface area contributed by atoms with Crippen LogP contribution in [0.2, 0.25) is 0 Å². The van der Waals surface area contributed by atoms with E-state index in [-0.39, 0.29) is 10.8 Å². The molecule has 1 atom stereocenters. The Kier molecular flexibility index (Phi) is 5.46. The van der Waals surface area contributed by atoms with Crippen LogP contribution in [0, 0.1) is 6.92 Å². The van der Waals surface area contributed by atoms with E-state index in [1.165, 1.54) is 10.4 Å². The predicted molar refractivity (Wildman–Crippen MR) is 112 cm³/mol. The third-order valence-corrected chi connectivity index (χ3v) is 7.85. The van der Waals surface area contributed by atoms with E-state index >= 15 is 0 Å². The van der Waals surface area contributed by atoms with E-state index in [4.69, 9.17) is 4.74 Å². The van der Waals surface area contributed by atoms with Gasteiger partial charge in [0.2, 0.25) is 10.0 Å². The van der Waals surface area contributed by atoms with Crippen molar-refractivity contribution in [1.82, 2.24) is 4.31 Å². The van der Waals surface area contributed by atoms with Crippen molar-refractivity contribution in [3.05, 3.63) is 59.2 Å². The molecule has 1 fully saturated rings. The molecule has 2 aromatic rings. The fourth-order valence-corrected chi connectivity index (χ4v) is 5.71. The van der Waals surface area contributed by atoms with E-state index in [9.17, 15) is 13.2 Å². The van der Waals surface area contributed by atoms with Gasteiger partial charge in [0.1, 0.15) is 0 Å². The van der Waals surface area contributed by atoms with E-state index < -0.39 is 10.0 Å². The fourth-order valence-electron chi connectivity index (χ4n) is 4.05. The molecule has 1 unspecified atom stereocenters. The van der Waals surface area contributed by atoms with Crippen LogP contribution in [0.1, 0.15) is 40.7 Å². The van der Waals surface area contributed by atoms with Gasteiger partial charge in [-0.2, -0.15) is 4.31 Å². The molecule has 0 radical (unpaired) electrons. The maximum absolute atomic E-state index is 13.3. The summed E-state index contributed by atoms with van der Waals surface area (Å²) >= 11 is 0. The first-order chi connectivity index (χ1) is 13.9. The van der Waals surface area contributed by atoms with Gasteiger partial charge in [0.25, 0.3) is 5.91 Å². The lowest BCUT2D eigenvalue weighted by molar-refractivity contribution is 0.0730. The zero-order valence-electron chi connectivity index (χ0n) is 16.8. The summed E-state index contributed by atoms with van der Waals surface area (Å²) in [7, 11) is -3.67. The monoisotopic (exact) mass is 414 g/mol. The summed E-state index contributed by atoms with van der Waals surface area (Å²) in [4.78, 5) is 15.3. The molecule has 154 valence electrons. The third-order valence-electron chi connectivity index (χ3n) is 5.81. The SMILES string of the molecule is Cc1ccc(C(=O)N2CCC(C)c3ccccc32)cc1S(=O)(=O)N1CCOCC1. The highest BCUT2D eigenvalue weighted by molar-refractivity contribution is 7.89. The Bertz CT molecular complexity index is 1030. The summed E-state index contributed by atoms with van der Waals surface area (Å²) in [6.45, 7) is 5.99. The summed E-state index contributed by atoms with van der Waals surface area (Å²) in [6, 6.07) is 12.9. The molecule has 0 saturated carbocycles. The number of ether oxygens (including phenoxy) is 1. The summed E-state index contributed by atoms with van der Waals surface area (Å²) < 4.78 is 33.0. The number of carbonyl (C=O) groups is 1. The van der Waals surface area contributed by atoms with Crippen LogP contribution in [0.5, 0.6) is 0 Å². The number of carbonyl (C=O) groups excluding carboxylic acids is 1. The number of aryl methyl sites for hydroxylation is 1. The van der Waals surface area contributed by atoms with Gasteiger partial charge in [-0.15, -0.1) is 0 Å². The van der Waals surface area contributed by atoms with Crippen molar-refractivity contribution in [2.75, 3.05) is 37.7 Å². The van der Waals surface area contributed by atoms with Gasteiger partial charge in [0.05, 0.1) is 18.1 Å². The van der Waals surface area contributed by atoms with Crippen LogP contribution in [0.4, 0.5) is 5.69 Å². The van der Waals surface area contributed by atoms with Crippen molar-refractivity contribution in [3.8, 4) is 0 Å². The second-order valence-corrected chi connectivity index (χ2v) is 9.61. The van der Waals surface area contributed by atoms with Crippen LogP contribution >= 0.6 is 0 Å². The molecule has 4 rings (SSSR count). The minimum absolute atomic E-state index is 0.164. The van der Waals surface area contributed by atoms with Crippen molar-refractivity contribution in [2.24, 2.45) is 0 Å². The topological polar surface area (TPSA) is 66.9 Å². The zero-order valence-corrected chi connectivity index (χ0v) is 17.6. The van der Waals surface area contributed by atoms with E-state index in [0.717, 1.165) is 17.7 Å². The number of fused-ring (bicyclic) bond motifs is 1. The molecule has 1 amide bonds. The molecule has 29 heavy (non-hydrogen) atoms. The average Bonchev–Trinajstić information content (AvgIpc) is 2.74. The molecular weight excluding hydrogens is 388 g/mol. The van der Waals surface area contributed by atoms with Gasteiger partial charge in [-0.3, -0.25) is 4.79 Å². The Hall–Kier alpha value is -2.22. The second-order valence-electron chi connectivity index (χ2n) is 7.70. The van der Waals surface area contributed by atoms with Crippen molar-refractivity contribution in [3.63, 3.8) is 0 Å². The second kappa shape index (κ2) is 7.89. The summed E-state index contributed by atoms with van der Waals surface area (Å²) in [5.41, 5.74) is 3.10. The molecule has 0 bridgehead atoms. The smallest absolute Gasteiger partial charge is 0.258 e. The van der Waals surface area contributed by atoms with Crippen LogP contribution in [0.15, 0.2) is 47.4 Å². The molecule has 0 N–H and O–H groups in total. The summed E-state index contributed by atoms with van der Waals surface area (Å²) in [6.07, 6.45) is 0.882. The highest BCUT2D eigenvalue weighted by Gasteiger charge is 2.31. The van der Waals surface area contributed by atoms with Gasteiger partial charge < -0.3 is 9.64 Å². The Morgan fingerprint density at radius 3 is 2.55 bits per heavy atom. The number of sulfonamides is 1. The van der Waals surface area contributed by atoms with Gasteiger partial charge in [-0.05, 0) is 48.6 Å². The standard InChI is InChI=1S/C22H26N2O4S/c1-16-9-10-24(20-6-4-3-5-19(16)20)22(25)18-8-7-17(2)21(15-18)29(26,27)23-11-13-28-14-12-23/h3-8,15-16H,9-14H2,1-2H3. The highest BCUT2D eigenvalue weighted by Crippen LogP contribution is 2.35. The number of amides is 1. The van der Waals surface area contributed by atoms with Gasteiger partial charge in [0.15, 0.2) is 0 Å². The number of anilines is 1. The van der Waals surface area contributed by atoms with Crippen molar-refractivity contribution in [1.29, 1.82) is 0 Å². The molecule has 2 aromatic carbocycles. The van der Waals surface area contributed by atoms with E-state index in [1.54, 1.807) is 24.0 Å². The lowest BCUT2D eigenvalue weighted by Crippen LogP contribution is -2.41. The number of para-hydroxylation sites is 1. The molecule has 2 aliphatic heterocycles. The van der Waals surface area contributed by atoms with Gasteiger partial charge in [0, 0.05) is 30.9 Å². The van der Waals surface area contributed by atoms with Crippen molar-refractivity contribution < 1.29 is 17.9 Å². The predicted octanol–water partition coefficient (Wildman–Crippen LogP) is 3.17. The zero-order chi connectivity index (χ0) is 20.6. The number of rotatable bonds is 3. The summed E-state index contributed by atoms with van der Waals surface area (Å²) in [5, 5.41) is 0. The molecule has 0 aliphatic carbocycles. The van der Waals surface area contributed by atoms with Gasteiger partial charge in [-0.25, -0.2) is 8.42 Å². The van der Waals surface area contributed by atoms with Gasteiger partial charge in [-0.1, -0.05) is 31.2 Å². The minimum Gasteiger partial charge on any atom is -0.379 e. The molecule has 7 heteroatoms. The Morgan fingerprint density at radius 1 is 1.07 bits per heavy atom. The molecule has 2 aliphatic rings. The first kappa shape index (κ1) is 20.1. The molecule has 2 heterocycles. The number of nitrogens with zero attached hydrogens (tertiary/aromatic N) is 2. The maximum Gasteiger partial charge on any atom is 0.258 e. The Balaban J connectivity index is 1.69. The van der Waals surface area contributed by atoms with E-state index in [1.807, 2.05) is 18.2 Å². The lowest BCUT2D eigenvalue weighted by atomic mass is 9.91. The quantitative estimate of drug-likeness (QED) is 0.774. The third kappa shape index (κ3) is 3.70. The van der Waals surface area contributed by atoms with Crippen LogP contribution in [0.3, 0.4) is 0 Å². The minimum atomic E-state index is -3.67. The number of morpholine rings is 1. The highest BCUT2D eigenvalue weighted by atomic mass is 32.2. The average molecular weight is 415 g/mol. The normalized spacial score (nSPS) is 20.3. The number of benzene rings is 2. The molecule has 0 spiro atoms. The van der Waals surface area contributed by atoms with Gasteiger partial charge >= 0.3 is 0 Å². The molecular formula is C22H26N2O4S. The van der Waals surface area contributed by atoms with Crippen LogP contribution < -0.4 is 4.90 Å². The number of hydrogen-bond donors (Lipinski definition) is 0. The first-order valence-corrected chi connectivity index (χ1v) is 11.4.